The van der Waals surface area contributed by atoms with Crippen molar-refractivity contribution in [2.75, 3.05) is 5.33 Å². The molecule has 3 atom stereocenters. The van der Waals surface area contributed by atoms with Crippen LogP contribution in [-0.4, -0.2) is 21.4 Å². The first-order chi connectivity index (χ1) is 4.09. The molecular weight excluding hydrogens is 248 g/mol. The summed E-state index contributed by atoms with van der Waals surface area (Å²) in [6.07, 6.45) is -0.230. The van der Waals surface area contributed by atoms with Crippen LogP contribution in [0.25, 0.3) is 0 Å². The molecule has 0 saturated carbocycles. The molecule has 1 nitrogen and oxygen atoms in total. The minimum atomic E-state index is -0.230. The molecule has 56 valence electrons. The van der Waals surface area contributed by atoms with E-state index in [2.05, 4.69) is 31.9 Å². The molecule has 0 aromatic heterocycles. The molecule has 0 radical (unpaired) electrons. The van der Waals surface area contributed by atoms with Gasteiger partial charge in [-0.25, -0.2) is 0 Å². The van der Waals surface area contributed by atoms with Crippen molar-refractivity contribution < 1.29 is 5.11 Å². The number of hydrogen-bond acceptors (Lipinski definition) is 1. The summed E-state index contributed by atoms with van der Waals surface area (Å²) in [6.45, 7) is 3.83. The van der Waals surface area contributed by atoms with E-state index in [-0.39, 0.29) is 6.10 Å². The van der Waals surface area contributed by atoms with Crippen molar-refractivity contribution in [3.05, 3.63) is 0 Å². The van der Waals surface area contributed by atoms with Crippen LogP contribution in [0.15, 0.2) is 0 Å². The van der Waals surface area contributed by atoms with Crippen LogP contribution in [0.1, 0.15) is 13.8 Å². The molecule has 0 rings (SSSR count). The lowest BCUT2D eigenvalue weighted by atomic mass is 10.0. The van der Waals surface area contributed by atoms with E-state index in [1.54, 1.807) is 0 Å². The molecule has 0 aromatic carbocycles. The van der Waals surface area contributed by atoms with E-state index in [9.17, 15) is 0 Å². The summed E-state index contributed by atoms with van der Waals surface area (Å²) in [6, 6.07) is 0. The normalized spacial score (nSPS) is 21.0. The third-order valence-electron chi connectivity index (χ3n) is 1.48. The van der Waals surface area contributed by atoms with Gasteiger partial charge in [0.2, 0.25) is 0 Å². The monoisotopic (exact) mass is 258 g/mol. The minimum absolute atomic E-state index is 0.230. The maximum absolute atomic E-state index is 9.07. The lowest BCUT2D eigenvalue weighted by Gasteiger charge is -2.18. The van der Waals surface area contributed by atoms with Crippen LogP contribution >= 0.6 is 31.9 Å². The topological polar surface area (TPSA) is 20.2 Å². The van der Waals surface area contributed by atoms with Gasteiger partial charge in [-0.1, -0.05) is 38.8 Å². The SMILES string of the molecule is CC(O)C(C)C(Br)CBr. The fourth-order valence-electron chi connectivity index (χ4n) is 0.443. The van der Waals surface area contributed by atoms with Gasteiger partial charge in [-0.3, -0.25) is 0 Å². The predicted octanol–water partition coefficient (Wildman–Crippen LogP) is 2.16. The zero-order valence-corrected chi connectivity index (χ0v) is 8.81. The number of halogens is 2. The van der Waals surface area contributed by atoms with Crippen LogP contribution in [-0.2, 0) is 0 Å². The van der Waals surface area contributed by atoms with E-state index < -0.39 is 0 Å². The van der Waals surface area contributed by atoms with Crippen LogP contribution in [0.4, 0.5) is 0 Å². The summed E-state index contributed by atoms with van der Waals surface area (Å²) >= 11 is 6.76. The van der Waals surface area contributed by atoms with Crippen molar-refractivity contribution in [3.8, 4) is 0 Å². The Morgan fingerprint density at radius 3 is 2.00 bits per heavy atom. The van der Waals surface area contributed by atoms with Crippen molar-refractivity contribution >= 4 is 31.9 Å². The molecule has 0 aliphatic carbocycles. The van der Waals surface area contributed by atoms with Crippen LogP contribution in [0.5, 0.6) is 0 Å². The molecule has 0 saturated heterocycles. The van der Waals surface area contributed by atoms with Crippen molar-refractivity contribution in [2.45, 2.75) is 24.8 Å². The van der Waals surface area contributed by atoms with Crippen LogP contribution < -0.4 is 0 Å². The second-order valence-corrected chi connectivity index (χ2v) is 4.09. The number of alkyl halides is 2. The molecule has 0 amide bonds. The summed E-state index contributed by atoms with van der Waals surface area (Å²) in [4.78, 5) is 0.373. The highest BCUT2D eigenvalue weighted by molar-refractivity contribution is 9.12. The highest BCUT2D eigenvalue weighted by atomic mass is 79.9. The van der Waals surface area contributed by atoms with Gasteiger partial charge in [-0.05, 0) is 12.8 Å². The Balaban J connectivity index is 3.58. The van der Waals surface area contributed by atoms with Crippen molar-refractivity contribution in [2.24, 2.45) is 5.92 Å². The van der Waals surface area contributed by atoms with Gasteiger partial charge in [0.1, 0.15) is 0 Å². The average Bonchev–Trinajstić information content (AvgIpc) is 1.84. The lowest BCUT2D eigenvalue weighted by Crippen LogP contribution is -2.23. The third kappa shape index (κ3) is 3.58. The summed E-state index contributed by atoms with van der Waals surface area (Å²) in [7, 11) is 0. The summed E-state index contributed by atoms with van der Waals surface area (Å²) in [5.41, 5.74) is 0. The summed E-state index contributed by atoms with van der Waals surface area (Å²) < 4.78 is 0. The molecule has 0 heterocycles. The molecule has 1 N–H and O–H groups in total. The first-order valence-electron chi connectivity index (χ1n) is 2.97. The molecule has 3 unspecified atom stereocenters. The van der Waals surface area contributed by atoms with Gasteiger partial charge in [0.05, 0.1) is 6.10 Å². The van der Waals surface area contributed by atoms with E-state index in [4.69, 9.17) is 5.11 Å². The van der Waals surface area contributed by atoms with Gasteiger partial charge in [-0.15, -0.1) is 0 Å². The van der Waals surface area contributed by atoms with Gasteiger partial charge in [0.15, 0.2) is 0 Å². The van der Waals surface area contributed by atoms with E-state index in [0.717, 1.165) is 5.33 Å². The molecule has 3 heteroatoms. The molecule has 9 heavy (non-hydrogen) atoms. The first-order valence-corrected chi connectivity index (χ1v) is 5.01. The molecule has 0 aliphatic rings. The highest BCUT2D eigenvalue weighted by Gasteiger charge is 2.16. The standard InChI is InChI=1S/C6H12Br2O/c1-4(5(2)9)6(8)3-7/h4-6,9H,3H2,1-2H3. The molecule has 0 fully saturated rings. The van der Waals surface area contributed by atoms with Gasteiger partial charge < -0.3 is 5.11 Å². The Bertz CT molecular complexity index is 75.5. The Morgan fingerprint density at radius 2 is 1.89 bits per heavy atom. The molecule has 0 spiro atoms. The van der Waals surface area contributed by atoms with Gasteiger partial charge in [0.25, 0.3) is 0 Å². The third-order valence-corrected chi connectivity index (χ3v) is 4.20. The quantitative estimate of drug-likeness (QED) is 0.771. The van der Waals surface area contributed by atoms with Crippen molar-refractivity contribution in [3.63, 3.8) is 0 Å². The fourth-order valence-corrected chi connectivity index (χ4v) is 1.47. The zero-order chi connectivity index (χ0) is 7.44. The maximum Gasteiger partial charge on any atom is 0.0548 e. The van der Waals surface area contributed by atoms with Gasteiger partial charge in [0, 0.05) is 10.2 Å². The summed E-state index contributed by atoms with van der Waals surface area (Å²) in [5, 5.41) is 9.96. The van der Waals surface area contributed by atoms with Crippen molar-refractivity contribution in [1.82, 2.24) is 0 Å². The van der Waals surface area contributed by atoms with Gasteiger partial charge >= 0.3 is 0 Å². The van der Waals surface area contributed by atoms with Crippen LogP contribution in [0.2, 0.25) is 0 Å². The number of aliphatic hydroxyl groups is 1. The maximum atomic E-state index is 9.07. The number of hydrogen-bond donors (Lipinski definition) is 1. The number of aliphatic hydroxyl groups excluding tert-OH is 1. The Labute approximate surface area is 73.1 Å². The zero-order valence-electron chi connectivity index (χ0n) is 5.64. The molecular formula is C6H12Br2O. The highest BCUT2D eigenvalue weighted by Crippen LogP contribution is 2.17. The Hall–Kier alpha value is 0.920. The largest absolute Gasteiger partial charge is 0.393 e. The lowest BCUT2D eigenvalue weighted by molar-refractivity contribution is 0.137. The first kappa shape index (κ1) is 9.92. The van der Waals surface area contributed by atoms with E-state index >= 15 is 0 Å². The van der Waals surface area contributed by atoms with Crippen LogP contribution in [0, 0.1) is 5.92 Å². The molecule has 0 aliphatic heterocycles. The molecule has 0 bridgehead atoms. The Morgan fingerprint density at radius 1 is 1.44 bits per heavy atom. The van der Waals surface area contributed by atoms with E-state index in [1.807, 2.05) is 13.8 Å². The second-order valence-electron chi connectivity index (χ2n) is 2.27. The smallest absolute Gasteiger partial charge is 0.0548 e. The second kappa shape index (κ2) is 4.69. The van der Waals surface area contributed by atoms with Gasteiger partial charge in [-0.2, -0.15) is 0 Å². The number of rotatable bonds is 3. The van der Waals surface area contributed by atoms with Crippen LogP contribution in [0.3, 0.4) is 0 Å². The minimum Gasteiger partial charge on any atom is -0.393 e. The average molecular weight is 260 g/mol. The Kier molecular flexibility index (Phi) is 5.17. The van der Waals surface area contributed by atoms with E-state index in [0.29, 0.717) is 10.7 Å². The van der Waals surface area contributed by atoms with E-state index in [1.165, 1.54) is 0 Å². The van der Waals surface area contributed by atoms with Crippen molar-refractivity contribution in [1.29, 1.82) is 0 Å². The summed E-state index contributed by atoms with van der Waals surface area (Å²) in [5.74, 6) is 0.310. The fraction of sp³-hybridized carbons (Fsp3) is 1.00. The predicted molar refractivity (Wildman–Crippen MR) is 47.4 cm³/mol. The molecule has 0 aromatic rings.